The smallest absolute Gasteiger partial charge is 0.263 e. The van der Waals surface area contributed by atoms with Crippen molar-refractivity contribution in [3.8, 4) is 22.8 Å². The van der Waals surface area contributed by atoms with Gasteiger partial charge >= 0.3 is 0 Å². The first-order chi connectivity index (χ1) is 16.0. The molecule has 0 fully saturated rings. The van der Waals surface area contributed by atoms with E-state index >= 15 is 0 Å². The van der Waals surface area contributed by atoms with Gasteiger partial charge in [0.2, 0.25) is 11.7 Å². The molecular weight excluding hydrogens is 440 g/mol. The number of nitrogens with one attached hydrogen (secondary N) is 1. The van der Waals surface area contributed by atoms with Gasteiger partial charge in [-0.2, -0.15) is 4.98 Å². The fourth-order valence-electron chi connectivity index (χ4n) is 3.36. The minimum atomic E-state index is -0.395. The molecule has 0 aliphatic rings. The highest BCUT2D eigenvalue weighted by molar-refractivity contribution is 6.30. The maximum Gasteiger partial charge on any atom is 0.263 e. The number of rotatable bonds is 8. The highest BCUT2D eigenvalue weighted by Gasteiger charge is 2.16. The number of unbranched alkanes of at least 4 members (excludes halogenated alkanes) is 1. The summed E-state index contributed by atoms with van der Waals surface area (Å²) in [6.45, 7) is 2.02. The van der Waals surface area contributed by atoms with Gasteiger partial charge in [0.05, 0.1) is 0 Å². The lowest BCUT2D eigenvalue weighted by molar-refractivity contribution is -0.116. The van der Waals surface area contributed by atoms with Crippen molar-refractivity contribution in [3.05, 3.63) is 87.8 Å². The van der Waals surface area contributed by atoms with E-state index < -0.39 is 5.56 Å². The Kier molecular flexibility index (Phi) is 7.00. The average molecular weight is 463 g/mol. The quantitative estimate of drug-likeness (QED) is 0.388. The number of hydrogen-bond acceptors (Lipinski definition) is 5. The predicted octanol–water partition coefficient (Wildman–Crippen LogP) is 5.20. The molecule has 1 N–H and O–H groups in total. The lowest BCUT2D eigenvalue weighted by Gasteiger charge is -2.09. The van der Waals surface area contributed by atoms with Gasteiger partial charge in [-0.3, -0.25) is 9.59 Å². The van der Waals surface area contributed by atoms with Crippen molar-refractivity contribution < 1.29 is 9.32 Å². The molecule has 0 radical (unpaired) electrons. The molecule has 168 valence electrons. The Morgan fingerprint density at radius 1 is 1.09 bits per heavy atom. The van der Waals surface area contributed by atoms with Crippen LogP contribution in [0.3, 0.4) is 0 Å². The number of pyridine rings is 1. The van der Waals surface area contributed by atoms with Crippen molar-refractivity contribution in [1.29, 1.82) is 0 Å². The Bertz CT molecular complexity index is 1290. The normalized spacial score (nSPS) is 10.8. The monoisotopic (exact) mass is 462 g/mol. The Labute approximate surface area is 196 Å². The summed E-state index contributed by atoms with van der Waals surface area (Å²) in [6, 6.07) is 18.0. The second-order valence-electron chi connectivity index (χ2n) is 7.63. The van der Waals surface area contributed by atoms with Crippen LogP contribution in [0, 0.1) is 0 Å². The van der Waals surface area contributed by atoms with Crippen molar-refractivity contribution in [2.75, 3.05) is 5.32 Å². The molecule has 0 saturated carbocycles. The Hall–Kier alpha value is -3.71. The summed E-state index contributed by atoms with van der Waals surface area (Å²) >= 11 is 5.92. The minimum Gasteiger partial charge on any atom is -0.333 e. The molecule has 0 spiro atoms. The summed E-state index contributed by atoms with van der Waals surface area (Å²) in [5, 5.41) is 7.37. The van der Waals surface area contributed by atoms with Gasteiger partial charge in [0.15, 0.2) is 0 Å². The first kappa shape index (κ1) is 22.5. The highest BCUT2D eigenvalue weighted by Crippen LogP contribution is 2.21. The summed E-state index contributed by atoms with van der Waals surface area (Å²) in [4.78, 5) is 29.8. The molecule has 2 heterocycles. The van der Waals surface area contributed by atoms with Crippen LogP contribution in [-0.4, -0.2) is 20.6 Å². The number of anilines is 1. The maximum absolute atomic E-state index is 12.9. The summed E-state index contributed by atoms with van der Waals surface area (Å²) in [5.74, 6) is 0.127. The third-order valence-electron chi connectivity index (χ3n) is 5.15. The number of aryl methyl sites for hydroxylation is 1. The van der Waals surface area contributed by atoms with E-state index in [9.17, 15) is 9.59 Å². The number of carbonyl (C=O) groups excluding carboxylic acids is 1. The van der Waals surface area contributed by atoms with E-state index in [-0.39, 0.29) is 23.9 Å². The molecule has 4 aromatic rings. The van der Waals surface area contributed by atoms with Crippen LogP contribution in [0.25, 0.3) is 22.8 Å². The number of carbonyl (C=O) groups is 1. The second kappa shape index (κ2) is 10.3. The van der Waals surface area contributed by atoms with Crippen LogP contribution < -0.4 is 10.9 Å². The standard InChI is InChI=1S/C25H23ClN4O3/c1-2-3-5-17-7-13-20(14-8-17)27-22(31)16-30-15-4-6-21(25(30)32)24-28-23(29-33-24)18-9-11-19(26)12-10-18/h4,6-15H,2-3,5,16H2,1H3,(H,27,31). The van der Waals surface area contributed by atoms with Crippen molar-refractivity contribution >= 4 is 23.2 Å². The van der Waals surface area contributed by atoms with Gasteiger partial charge in [0.25, 0.3) is 11.4 Å². The largest absolute Gasteiger partial charge is 0.333 e. The van der Waals surface area contributed by atoms with Crippen LogP contribution in [0.1, 0.15) is 25.3 Å². The topological polar surface area (TPSA) is 90.0 Å². The van der Waals surface area contributed by atoms with Crippen LogP contribution >= 0.6 is 11.6 Å². The van der Waals surface area contributed by atoms with Gasteiger partial charge in [0, 0.05) is 22.5 Å². The van der Waals surface area contributed by atoms with Crippen molar-refractivity contribution in [2.24, 2.45) is 0 Å². The van der Waals surface area contributed by atoms with Gasteiger partial charge in [-0.05, 0) is 66.9 Å². The SMILES string of the molecule is CCCCc1ccc(NC(=O)Cn2cccc(-c3nc(-c4ccc(Cl)cc4)no3)c2=O)cc1. The summed E-state index contributed by atoms with van der Waals surface area (Å²) in [5.41, 5.74) is 2.46. The van der Waals surface area contributed by atoms with Crippen molar-refractivity contribution in [3.63, 3.8) is 0 Å². The number of aromatic nitrogens is 3. The van der Waals surface area contributed by atoms with Crippen LogP contribution in [0.4, 0.5) is 5.69 Å². The summed E-state index contributed by atoms with van der Waals surface area (Å²) < 4.78 is 6.61. The summed E-state index contributed by atoms with van der Waals surface area (Å²) in [7, 11) is 0. The molecule has 0 bridgehead atoms. The maximum atomic E-state index is 12.9. The van der Waals surface area contributed by atoms with Gasteiger partial charge in [-0.25, -0.2) is 0 Å². The van der Waals surface area contributed by atoms with E-state index in [4.69, 9.17) is 16.1 Å². The number of amides is 1. The molecule has 33 heavy (non-hydrogen) atoms. The molecule has 1 amide bonds. The van der Waals surface area contributed by atoms with Crippen molar-refractivity contribution in [1.82, 2.24) is 14.7 Å². The average Bonchev–Trinajstić information content (AvgIpc) is 3.30. The van der Waals surface area contributed by atoms with E-state index in [0.29, 0.717) is 22.1 Å². The van der Waals surface area contributed by atoms with E-state index in [2.05, 4.69) is 22.4 Å². The lowest BCUT2D eigenvalue weighted by atomic mass is 10.1. The van der Waals surface area contributed by atoms with E-state index in [1.165, 1.54) is 10.1 Å². The summed E-state index contributed by atoms with van der Waals surface area (Å²) in [6.07, 6.45) is 4.84. The van der Waals surface area contributed by atoms with Crippen molar-refractivity contribution in [2.45, 2.75) is 32.7 Å². The zero-order chi connectivity index (χ0) is 23.2. The molecule has 2 aromatic heterocycles. The molecule has 2 aromatic carbocycles. The molecule has 0 aliphatic heterocycles. The third kappa shape index (κ3) is 5.56. The fraction of sp³-hybridized carbons (Fsp3) is 0.200. The van der Waals surface area contributed by atoms with Gasteiger partial charge in [-0.15, -0.1) is 0 Å². The Balaban J connectivity index is 1.47. The van der Waals surface area contributed by atoms with Gasteiger partial charge in [0.1, 0.15) is 12.1 Å². The zero-order valence-corrected chi connectivity index (χ0v) is 18.9. The Morgan fingerprint density at radius 3 is 2.58 bits per heavy atom. The number of hydrogen-bond donors (Lipinski definition) is 1. The second-order valence-corrected chi connectivity index (χ2v) is 8.07. The Morgan fingerprint density at radius 2 is 1.85 bits per heavy atom. The predicted molar refractivity (Wildman–Crippen MR) is 128 cm³/mol. The molecule has 0 aliphatic carbocycles. The fourth-order valence-corrected chi connectivity index (χ4v) is 3.49. The number of benzene rings is 2. The first-order valence-electron chi connectivity index (χ1n) is 10.7. The number of nitrogens with zero attached hydrogens (tertiary/aromatic N) is 3. The number of halogens is 1. The van der Waals surface area contributed by atoms with E-state index in [0.717, 1.165) is 19.3 Å². The van der Waals surface area contributed by atoms with E-state index in [1.54, 1.807) is 42.6 Å². The van der Waals surface area contributed by atoms with Gasteiger partial charge in [-0.1, -0.05) is 42.2 Å². The molecule has 0 atom stereocenters. The minimum absolute atomic E-state index is 0.0855. The third-order valence-corrected chi connectivity index (χ3v) is 5.40. The van der Waals surface area contributed by atoms with Gasteiger partial charge < -0.3 is 14.4 Å². The molecular formula is C25H23ClN4O3. The van der Waals surface area contributed by atoms with Crippen LogP contribution in [0.2, 0.25) is 5.02 Å². The zero-order valence-electron chi connectivity index (χ0n) is 18.1. The molecule has 0 unspecified atom stereocenters. The van der Waals surface area contributed by atoms with E-state index in [1.807, 2.05) is 24.3 Å². The van der Waals surface area contributed by atoms with Crippen LogP contribution in [0.15, 0.2) is 76.2 Å². The van der Waals surface area contributed by atoms with Crippen LogP contribution in [-0.2, 0) is 17.8 Å². The molecule has 7 nitrogen and oxygen atoms in total. The highest BCUT2D eigenvalue weighted by atomic mass is 35.5. The lowest BCUT2D eigenvalue weighted by Crippen LogP contribution is -2.28. The molecule has 8 heteroatoms. The molecule has 0 saturated heterocycles. The molecule has 4 rings (SSSR count). The van der Waals surface area contributed by atoms with Crippen LogP contribution in [0.5, 0.6) is 0 Å². The first-order valence-corrected chi connectivity index (χ1v) is 11.1.